The van der Waals surface area contributed by atoms with Gasteiger partial charge in [0, 0.05) is 25.3 Å². The van der Waals surface area contributed by atoms with Gasteiger partial charge in [0.25, 0.3) is 5.91 Å². The maximum absolute atomic E-state index is 13.0. The number of sulfonamides is 1. The van der Waals surface area contributed by atoms with Crippen molar-refractivity contribution in [3.05, 3.63) is 58.9 Å². The molecule has 0 aliphatic carbocycles. The standard InChI is InChI=1S/C18H16F3N3O3S/c1-11-5-6-14-16(22-11)15-10-23(7-8-24(15)17(14)25)28(26,27)13-4-2-3-12(9-13)18(19,20)21/h2-6,9,15H,7-8,10H2,1H3. The van der Waals surface area contributed by atoms with Crippen molar-refractivity contribution in [2.24, 2.45) is 0 Å². The van der Waals surface area contributed by atoms with Gasteiger partial charge in [-0.05, 0) is 37.3 Å². The molecule has 0 N–H and O–H groups in total. The highest BCUT2D eigenvalue weighted by molar-refractivity contribution is 7.89. The molecule has 1 unspecified atom stereocenters. The minimum Gasteiger partial charge on any atom is -0.327 e. The summed E-state index contributed by atoms with van der Waals surface area (Å²) in [4.78, 5) is 18.1. The molecule has 2 aliphatic heterocycles. The topological polar surface area (TPSA) is 70.6 Å². The van der Waals surface area contributed by atoms with Gasteiger partial charge in [0.15, 0.2) is 0 Å². The van der Waals surface area contributed by atoms with Crippen LogP contribution in [0.15, 0.2) is 41.3 Å². The predicted molar refractivity (Wildman–Crippen MR) is 93.0 cm³/mol. The van der Waals surface area contributed by atoms with Crippen LogP contribution in [0.3, 0.4) is 0 Å². The first-order valence-corrected chi connectivity index (χ1v) is 9.99. The summed E-state index contributed by atoms with van der Waals surface area (Å²) < 4.78 is 65.9. The molecule has 1 aromatic carbocycles. The Morgan fingerprint density at radius 2 is 1.89 bits per heavy atom. The molecule has 10 heteroatoms. The van der Waals surface area contributed by atoms with Gasteiger partial charge in [-0.1, -0.05) is 6.07 Å². The molecule has 1 aromatic heterocycles. The fourth-order valence-electron chi connectivity index (χ4n) is 3.60. The monoisotopic (exact) mass is 411 g/mol. The largest absolute Gasteiger partial charge is 0.416 e. The van der Waals surface area contributed by atoms with Crippen LogP contribution in [0.1, 0.15) is 33.4 Å². The number of carbonyl (C=O) groups excluding carboxylic acids is 1. The number of nitrogens with zero attached hydrogens (tertiary/aromatic N) is 3. The maximum atomic E-state index is 13.0. The Kier molecular flexibility index (Phi) is 4.23. The van der Waals surface area contributed by atoms with Crippen LogP contribution in [-0.4, -0.2) is 48.1 Å². The van der Waals surface area contributed by atoms with Crippen LogP contribution in [0, 0.1) is 6.92 Å². The van der Waals surface area contributed by atoms with Crippen LogP contribution in [0.5, 0.6) is 0 Å². The molecule has 28 heavy (non-hydrogen) atoms. The quantitative estimate of drug-likeness (QED) is 0.762. The minimum absolute atomic E-state index is 0.00773. The van der Waals surface area contributed by atoms with Crippen molar-refractivity contribution in [3.8, 4) is 0 Å². The molecule has 6 nitrogen and oxygen atoms in total. The summed E-state index contributed by atoms with van der Waals surface area (Å²) in [5.41, 5.74) is 0.625. The summed E-state index contributed by atoms with van der Waals surface area (Å²) in [5.74, 6) is -0.205. The van der Waals surface area contributed by atoms with Crippen LogP contribution in [0.25, 0.3) is 0 Å². The average Bonchev–Trinajstić information content (AvgIpc) is 2.92. The number of alkyl halides is 3. The molecule has 0 bridgehead atoms. The molecule has 1 amide bonds. The normalized spacial score (nSPS) is 20.2. The van der Waals surface area contributed by atoms with E-state index >= 15 is 0 Å². The number of rotatable bonds is 2. The van der Waals surface area contributed by atoms with Crippen molar-refractivity contribution in [1.29, 1.82) is 0 Å². The van der Waals surface area contributed by atoms with E-state index in [1.807, 2.05) is 0 Å². The van der Waals surface area contributed by atoms with Gasteiger partial charge in [0.05, 0.1) is 27.8 Å². The first-order chi connectivity index (χ1) is 13.1. The third-order valence-electron chi connectivity index (χ3n) is 5.01. The zero-order valence-electron chi connectivity index (χ0n) is 14.8. The summed E-state index contributed by atoms with van der Waals surface area (Å²) in [6, 6.07) is 6.53. The summed E-state index contributed by atoms with van der Waals surface area (Å²) in [6.07, 6.45) is -4.64. The number of amides is 1. The molecule has 2 aliphatic rings. The highest BCUT2D eigenvalue weighted by atomic mass is 32.2. The second-order valence-corrected chi connectivity index (χ2v) is 8.73. The molecule has 4 rings (SSSR count). The lowest BCUT2D eigenvalue weighted by Crippen LogP contribution is -2.49. The van der Waals surface area contributed by atoms with Crippen molar-refractivity contribution in [2.75, 3.05) is 19.6 Å². The lowest BCUT2D eigenvalue weighted by molar-refractivity contribution is -0.137. The van der Waals surface area contributed by atoms with E-state index < -0.39 is 32.7 Å². The summed E-state index contributed by atoms with van der Waals surface area (Å²) in [7, 11) is -4.15. The lowest BCUT2D eigenvalue weighted by atomic mass is 10.1. The number of halogens is 3. The van der Waals surface area contributed by atoms with E-state index in [-0.39, 0.29) is 25.5 Å². The Bertz CT molecular complexity index is 1070. The van der Waals surface area contributed by atoms with Crippen molar-refractivity contribution in [3.63, 3.8) is 0 Å². The highest BCUT2D eigenvalue weighted by Gasteiger charge is 2.44. The second-order valence-electron chi connectivity index (χ2n) is 6.79. The van der Waals surface area contributed by atoms with E-state index in [0.29, 0.717) is 23.0 Å². The Labute approximate surface area is 159 Å². The Morgan fingerprint density at radius 3 is 2.61 bits per heavy atom. The molecule has 0 saturated carbocycles. The molecule has 3 heterocycles. The number of carbonyl (C=O) groups is 1. The number of hydrogen-bond acceptors (Lipinski definition) is 4. The summed E-state index contributed by atoms with van der Waals surface area (Å²) in [5, 5.41) is 0. The van der Waals surface area contributed by atoms with Crippen LogP contribution in [0.4, 0.5) is 13.2 Å². The van der Waals surface area contributed by atoms with Crippen LogP contribution >= 0.6 is 0 Å². The molecule has 0 radical (unpaired) electrons. The molecule has 1 atom stereocenters. The van der Waals surface area contributed by atoms with Gasteiger partial charge in [-0.15, -0.1) is 0 Å². The van der Waals surface area contributed by atoms with Crippen molar-refractivity contribution >= 4 is 15.9 Å². The fourth-order valence-corrected chi connectivity index (χ4v) is 5.09. The van der Waals surface area contributed by atoms with E-state index in [4.69, 9.17) is 0 Å². The third-order valence-corrected chi connectivity index (χ3v) is 6.87. The van der Waals surface area contributed by atoms with E-state index in [1.54, 1.807) is 24.0 Å². The summed E-state index contributed by atoms with van der Waals surface area (Å²) in [6.45, 7) is 1.88. The molecule has 148 valence electrons. The summed E-state index contributed by atoms with van der Waals surface area (Å²) >= 11 is 0. The number of aromatic nitrogens is 1. The lowest BCUT2D eigenvalue weighted by Gasteiger charge is -2.36. The average molecular weight is 411 g/mol. The molecule has 1 saturated heterocycles. The van der Waals surface area contributed by atoms with Gasteiger partial charge >= 0.3 is 6.18 Å². The van der Waals surface area contributed by atoms with E-state index in [0.717, 1.165) is 22.5 Å². The zero-order valence-corrected chi connectivity index (χ0v) is 15.6. The van der Waals surface area contributed by atoms with Gasteiger partial charge in [-0.25, -0.2) is 8.42 Å². The van der Waals surface area contributed by atoms with Crippen LogP contribution in [0.2, 0.25) is 0 Å². The molecule has 0 spiro atoms. The number of fused-ring (bicyclic) bond motifs is 3. The fraction of sp³-hybridized carbons (Fsp3) is 0.333. The Balaban J connectivity index is 1.67. The van der Waals surface area contributed by atoms with E-state index in [1.165, 1.54) is 0 Å². The van der Waals surface area contributed by atoms with Crippen molar-refractivity contribution in [2.45, 2.75) is 24.0 Å². The number of piperazine rings is 1. The van der Waals surface area contributed by atoms with Crippen LogP contribution < -0.4 is 0 Å². The van der Waals surface area contributed by atoms with Crippen molar-refractivity contribution in [1.82, 2.24) is 14.2 Å². The number of hydrogen-bond donors (Lipinski definition) is 0. The maximum Gasteiger partial charge on any atom is 0.416 e. The Morgan fingerprint density at radius 1 is 1.14 bits per heavy atom. The van der Waals surface area contributed by atoms with Gasteiger partial charge < -0.3 is 4.90 Å². The zero-order chi connectivity index (χ0) is 20.3. The first kappa shape index (κ1) is 18.9. The smallest absolute Gasteiger partial charge is 0.327 e. The second kappa shape index (κ2) is 6.28. The molecular weight excluding hydrogens is 395 g/mol. The van der Waals surface area contributed by atoms with Gasteiger partial charge in [-0.2, -0.15) is 17.5 Å². The Hall–Kier alpha value is -2.46. The predicted octanol–water partition coefficient (Wildman–Crippen LogP) is 2.61. The van der Waals surface area contributed by atoms with Crippen molar-refractivity contribution < 1.29 is 26.4 Å². The van der Waals surface area contributed by atoms with E-state index in [2.05, 4.69) is 4.98 Å². The van der Waals surface area contributed by atoms with Crippen LogP contribution in [-0.2, 0) is 16.2 Å². The molecule has 2 aromatic rings. The number of aryl methyl sites for hydroxylation is 1. The third kappa shape index (κ3) is 2.96. The van der Waals surface area contributed by atoms with Gasteiger partial charge in [0.1, 0.15) is 0 Å². The highest BCUT2D eigenvalue weighted by Crippen LogP contribution is 2.37. The number of benzene rings is 1. The SMILES string of the molecule is Cc1ccc2c(n1)C1CN(S(=O)(=O)c3cccc(C(F)(F)F)c3)CCN1C2=O. The minimum atomic E-state index is -4.64. The number of pyridine rings is 1. The molecule has 1 fully saturated rings. The van der Waals surface area contributed by atoms with E-state index in [9.17, 15) is 26.4 Å². The van der Waals surface area contributed by atoms with Gasteiger partial charge in [-0.3, -0.25) is 9.78 Å². The van der Waals surface area contributed by atoms with Gasteiger partial charge in [0.2, 0.25) is 10.0 Å². The first-order valence-electron chi connectivity index (χ1n) is 8.55. The molecular formula is C18H16F3N3O3S.